The molecular formula is C15H17Cl2N3OS. The molecule has 0 saturated heterocycles. The fourth-order valence-electron chi connectivity index (χ4n) is 1.95. The SMILES string of the molecule is NCCc1nc(C(=O)NCCCc2ccc(Cl)cc2Cl)cs1. The molecule has 0 aliphatic carbocycles. The molecule has 0 saturated carbocycles. The number of nitrogens with zero attached hydrogens (tertiary/aromatic N) is 1. The van der Waals surface area contributed by atoms with Crippen LogP contribution in [0, 0.1) is 0 Å². The number of amides is 1. The summed E-state index contributed by atoms with van der Waals surface area (Å²) in [7, 11) is 0. The molecule has 0 unspecified atom stereocenters. The summed E-state index contributed by atoms with van der Waals surface area (Å²) in [6.45, 7) is 1.11. The second-order valence-corrected chi connectivity index (χ2v) is 6.55. The largest absolute Gasteiger partial charge is 0.351 e. The Bertz CT molecular complexity index is 645. The zero-order valence-corrected chi connectivity index (χ0v) is 14.3. The number of benzene rings is 1. The summed E-state index contributed by atoms with van der Waals surface area (Å²) in [4.78, 5) is 16.2. The first kappa shape index (κ1) is 17.2. The van der Waals surface area contributed by atoms with E-state index < -0.39 is 0 Å². The molecule has 0 bridgehead atoms. The molecule has 0 aliphatic rings. The Hall–Kier alpha value is -1.14. The van der Waals surface area contributed by atoms with Gasteiger partial charge in [0.05, 0.1) is 5.01 Å². The minimum Gasteiger partial charge on any atom is -0.351 e. The van der Waals surface area contributed by atoms with Crippen molar-refractivity contribution in [3.63, 3.8) is 0 Å². The summed E-state index contributed by atoms with van der Waals surface area (Å²) >= 11 is 13.4. The average Bonchev–Trinajstić information content (AvgIpc) is 2.94. The van der Waals surface area contributed by atoms with Gasteiger partial charge in [-0.3, -0.25) is 4.79 Å². The molecule has 2 aromatic rings. The highest BCUT2D eigenvalue weighted by atomic mass is 35.5. The Kier molecular flexibility index (Phi) is 6.64. The van der Waals surface area contributed by atoms with Gasteiger partial charge in [-0.25, -0.2) is 4.98 Å². The van der Waals surface area contributed by atoms with Crippen molar-refractivity contribution in [2.45, 2.75) is 19.3 Å². The van der Waals surface area contributed by atoms with Gasteiger partial charge in [0, 0.05) is 28.4 Å². The Morgan fingerprint density at radius 2 is 2.14 bits per heavy atom. The molecule has 22 heavy (non-hydrogen) atoms. The molecule has 1 amide bonds. The molecule has 118 valence electrons. The summed E-state index contributed by atoms with van der Waals surface area (Å²) in [5.41, 5.74) is 6.95. The summed E-state index contributed by atoms with van der Waals surface area (Å²) < 4.78 is 0. The van der Waals surface area contributed by atoms with Crippen LogP contribution in [0.2, 0.25) is 10.0 Å². The second kappa shape index (κ2) is 8.48. The van der Waals surface area contributed by atoms with Crippen molar-refractivity contribution < 1.29 is 4.79 Å². The van der Waals surface area contributed by atoms with E-state index in [-0.39, 0.29) is 5.91 Å². The molecule has 0 aliphatic heterocycles. The van der Waals surface area contributed by atoms with Crippen LogP contribution in [0.1, 0.15) is 27.5 Å². The van der Waals surface area contributed by atoms with Gasteiger partial charge >= 0.3 is 0 Å². The number of hydrogen-bond acceptors (Lipinski definition) is 4. The third kappa shape index (κ3) is 4.95. The van der Waals surface area contributed by atoms with Crippen LogP contribution in [0.3, 0.4) is 0 Å². The summed E-state index contributed by atoms with van der Waals surface area (Å²) in [6.07, 6.45) is 2.28. The lowest BCUT2D eigenvalue weighted by molar-refractivity contribution is 0.0949. The van der Waals surface area contributed by atoms with Gasteiger partial charge in [-0.1, -0.05) is 29.3 Å². The lowest BCUT2D eigenvalue weighted by atomic mass is 10.1. The zero-order chi connectivity index (χ0) is 15.9. The van der Waals surface area contributed by atoms with Gasteiger partial charge in [0.1, 0.15) is 5.69 Å². The molecule has 1 heterocycles. The predicted molar refractivity (Wildman–Crippen MR) is 92.0 cm³/mol. The van der Waals surface area contributed by atoms with Crippen LogP contribution in [0.4, 0.5) is 0 Å². The lowest BCUT2D eigenvalue weighted by Gasteiger charge is -2.06. The first-order valence-electron chi connectivity index (χ1n) is 6.96. The van der Waals surface area contributed by atoms with Crippen molar-refractivity contribution in [3.8, 4) is 0 Å². The quantitative estimate of drug-likeness (QED) is 0.746. The van der Waals surface area contributed by atoms with Gasteiger partial charge in [-0.2, -0.15) is 0 Å². The number of aromatic nitrogens is 1. The third-order valence-corrected chi connectivity index (χ3v) is 4.56. The van der Waals surface area contributed by atoms with Crippen molar-refractivity contribution in [2.75, 3.05) is 13.1 Å². The summed E-state index contributed by atoms with van der Waals surface area (Å²) in [6, 6.07) is 5.45. The average molecular weight is 358 g/mol. The van der Waals surface area contributed by atoms with Crippen LogP contribution in [-0.2, 0) is 12.8 Å². The molecule has 0 spiro atoms. The Balaban J connectivity index is 1.76. The molecule has 0 atom stereocenters. The van der Waals surface area contributed by atoms with E-state index >= 15 is 0 Å². The van der Waals surface area contributed by atoms with Gasteiger partial charge in [-0.15, -0.1) is 11.3 Å². The van der Waals surface area contributed by atoms with Gasteiger partial charge < -0.3 is 11.1 Å². The van der Waals surface area contributed by atoms with Gasteiger partial charge in [0.2, 0.25) is 0 Å². The highest BCUT2D eigenvalue weighted by molar-refractivity contribution is 7.09. The van der Waals surface area contributed by atoms with Gasteiger partial charge in [0.15, 0.2) is 0 Å². The van der Waals surface area contributed by atoms with E-state index in [1.54, 1.807) is 11.4 Å². The lowest BCUT2D eigenvalue weighted by Crippen LogP contribution is -2.25. The number of nitrogens with one attached hydrogen (secondary N) is 1. The Morgan fingerprint density at radius 1 is 1.32 bits per heavy atom. The molecular weight excluding hydrogens is 341 g/mol. The van der Waals surface area contributed by atoms with E-state index in [9.17, 15) is 4.79 Å². The number of nitrogens with two attached hydrogens (primary N) is 1. The highest BCUT2D eigenvalue weighted by Gasteiger charge is 2.10. The Labute approximate surface area is 143 Å². The van der Waals surface area contributed by atoms with Gasteiger partial charge in [0.25, 0.3) is 5.91 Å². The maximum absolute atomic E-state index is 11.9. The number of aryl methyl sites for hydroxylation is 1. The molecule has 7 heteroatoms. The second-order valence-electron chi connectivity index (χ2n) is 4.76. The van der Waals surface area contributed by atoms with E-state index in [2.05, 4.69) is 10.3 Å². The predicted octanol–water partition coefficient (Wildman–Crippen LogP) is 3.31. The fourth-order valence-corrected chi connectivity index (χ4v) is 3.25. The van der Waals surface area contributed by atoms with E-state index in [0.717, 1.165) is 23.4 Å². The number of carbonyl (C=O) groups is 1. The smallest absolute Gasteiger partial charge is 0.270 e. The minimum absolute atomic E-state index is 0.151. The summed E-state index contributed by atoms with van der Waals surface area (Å²) in [5, 5.41) is 6.79. The zero-order valence-electron chi connectivity index (χ0n) is 11.9. The van der Waals surface area contributed by atoms with Crippen molar-refractivity contribution >= 4 is 40.4 Å². The topological polar surface area (TPSA) is 68.0 Å². The van der Waals surface area contributed by atoms with Crippen LogP contribution < -0.4 is 11.1 Å². The molecule has 3 N–H and O–H groups in total. The molecule has 0 radical (unpaired) electrons. The number of hydrogen-bond donors (Lipinski definition) is 2. The molecule has 4 nitrogen and oxygen atoms in total. The van der Waals surface area contributed by atoms with Crippen LogP contribution in [-0.4, -0.2) is 24.0 Å². The number of rotatable bonds is 7. The van der Waals surface area contributed by atoms with Crippen LogP contribution in [0.5, 0.6) is 0 Å². The van der Waals surface area contributed by atoms with Crippen molar-refractivity contribution in [1.29, 1.82) is 0 Å². The first-order valence-corrected chi connectivity index (χ1v) is 8.60. The highest BCUT2D eigenvalue weighted by Crippen LogP contribution is 2.21. The molecule has 2 rings (SSSR count). The number of carbonyl (C=O) groups excluding carboxylic acids is 1. The Morgan fingerprint density at radius 3 is 2.86 bits per heavy atom. The molecule has 1 aromatic heterocycles. The normalized spacial score (nSPS) is 10.7. The standard InChI is InChI=1S/C15H17Cl2N3OS/c16-11-4-3-10(12(17)8-11)2-1-7-19-15(21)13-9-22-14(20-13)5-6-18/h3-4,8-9H,1-2,5-7,18H2,(H,19,21). The van der Waals surface area contributed by atoms with Gasteiger partial charge in [-0.05, 0) is 37.1 Å². The number of thiazole rings is 1. The fraction of sp³-hybridized carbons (Fsp3) is 0.333. The van der Waals surface area contributed by atoms with E-state index in [1.807, 2.05) is 12.1 Å². The molecule has 1 aromatic carbocycles. The summed E-state index contributed by atoms with van der Waals surface area (Å²) in [5.74, 6) is -0.151. The van der Waals surface area contributed by atoms with E-state index in [0.29, 0.717) is 35.2 Å². The van der Waals surface area contributed by atoms with Crippen molar-refractivity contribution in [1.82, 2.24) is 10.3 Å². The van der Waals surface area contributed by atoms with Crippen LogP contribution in [0.25, 0.3) is 0 Å². The van der Waals surface area contributed by atoms with Crippen molar-refractivity contribution in [3.05, 3.63) is 49.9 Å². The van der Waals surface area contributed by atoms with Crippen LogP contribution >= 0.6 is 34.5 Å². The van der Waals surface area contributed by atoms with E-state index in [1.165, 1.54) is 11.3 Å². The minimum atomic E-state index is -0.151. The maximum atomic E-state index is 11.9. The molecule has 0 fully saturated rings. The third-order valence-electron chi connectivity index (χ3n) is 3.07. The first-order chi connectivity index (χ1) is 10.6. The maximum Gasteiger partial charge on any atom is 0.270 e. The van der Waals surface area contributed by atoms with Crippen molar-refractivity contribution in [2.24, 2.45) is 5.73 Å². The monoisotopic (exact) mass is 357 g/mol. The number of halogens is 2. The van der Waals surface area contributed by atoms with E-state index in [4.69, 9.17) is 28.9 Å². The van der Waals surface area contributed by atoms with Crippen LogP contribution in [0.15, 0.2) is 23.6 Å².